The molecule has 0 saturated carbocycles. The first-order valence-electron chi connectivity index (χ1n) is 7.51. The van der Waals surface area contributed by atoms with E-state index in [9.17, 15) is 18.3 Å². The molecule has 0 unspecified atom stereocenters. The van der Waals surface area contributed by atoms with Crippen LogP contribution in [0.4, 0.5) is 5.69 Å². The van der Waals surface area contributed by atoms with Crippen molar-refractivity contribution in [3.8, 4) is 5.75 Å². The number of benzene rings is 2. The summed E-state index contributed by atoms with van der Waals surface area (Å²) in [7, 11) is -2.26. The lowest BCUT2D eigenvalue weighted by Crippen LogP contribution is -2.33. The highest BCUT2D eigenvalue weighted by Crippen LogP contribution is 2.25. The minimum absolute atomic E-state index is 0.00113. The summed E-state index contributed by atoms with van der Waals surface area (Å²) >= 11 is 6.06. The average Bonchev–Trinajstić information content (AvgIpc) is 2.54. The van der Waals surface area contributed by atoms with Gasteiger partial charge in [0.05, 0.1) is 15.5 Å². The molecule has 0 atom stereocenters. The molecule has 0 saturated heterocycles. The zero-order chi connectivity index (χ0) is 18.8. The van der Waals surface area contributed by atoms with Crippen LogP contribution in [-0.2, 0) is 10.0 Å². The molecule has 1 amide bonds. The first kappa shape index (κ1) is 19.2. The molecule has 0 spiro atoms. The van der Waals surface area contributed by atoms with Crippen LogP contribution in [0.15, 0.2) is 47.4 Å². The Balaban J connectivity index is 2.37. The third-order valence-electron chi connectivity index (χ3n) is 3.69. The van der Waals surface area contributed by atoms with Gasteiger partial charge >= 0.3 is 0 Å². The predicted molar refractivity (Wildman–Crippen MR) is 97.6 cm³/mol. The number of hydrogen-bond acceptors (Lipinski definition) is 4. The minimum Gasteiger partial charge on any atom is -0.508 e. The van der Waals surface area contributed by atoms with Crippen molar-refractivity contribution in [1.29, 1.82) is 0 Å². The number of amides is 1. The Labute approximate surface area is 152 Å². The Kier molecular flexibility index (Phi) is 5.72. The molecule has 0 aliphatic carbocycles. The Morgan fingerprint density at radius 3 is 2.48 bits per heavy atom. The predicted octanol–water partition coefficient (Wildman–Crippen LogP) is 3.33. The number of anilines is 1. The SMILES string of the molecule is CC(C)N(C)S(=O)(=O)c1ccc(Cl)c(C(=O)Nc2cccc(O)c2)c1. The molecule has 6 nitrogen and oxygen atoms in total. The fourth-order valence-corrected chi connectivity index (χ4v) is 3.66. The molecule has 0 fully saturated rings. The Morgan fingerprint density at radius 1 is 1.20 bits per heavy atom. The molecule has 0 aliphatic rings. The first-order valence-corrected chi connectivity index (χ1v) is 9.32. The fraction of sp³-hybridized carbons (Fsp3) is 0.235. The van der Waals surface area contributed by atoms with Crippen LogP contribution >= 0.6 is 11.6 Å². The largest absolute Gasteiger partial charge is 0.508 e. The van der Waals surface area contributed by atoms with Gasteiger partial charge in [0.15, 0.2) is 0 Å². The van der Waals surface area contributed by atoms with Crippen molar-refractivity contribution in [3.05, 3.63) is 53.1 Å². The molecule has 0 heterocycles. The van der Waals surface area contributed by atoms with E-state index < -0.39 is 15.9 Å². The van der Waals surface area contributed by atoms with Gasteiger partial charge < -0.3 is 10.4 Å². The van der Waals surface area contributed by atoms with Gasteiger partial charge in [0.1, 0.15) is 5.75 Å². The van der Waals surface area contributed by atoms with Gasteiger partial charge in [-0.1, -0.05) is 17.7 Å². The third-order valence-corrected chi connectivity index (χ3v) is 6.05. The van der Waals surface area contributed by atoms with E-state index in [2.05, 4.69) is 5.32 Å². The van der Waals surface area contributed by atoms with Crippen molar-refractivity contribution >= 4 is 33.2 Å². The summed E-state index contributed by atoms with van der Waals surface area (Å²) in [5, 5.41) is 12.2. The molecule has 134 valence electrons. The molecule has 0 aliphatic heterocycles. The second-order valence-corrected chi connectivity index (χ2v) is 8.17. The lowest BCUT2D eigenvalue weighted by Gasteiger charge is -2.21. The van der Waals surface area contributed by atoms with Gasteiger partial charge in [0.25, 0.3) is 5.91 Å². The highest BCUT2D eigenvalue weighted by Gasteiger charge is 2.25. The summed E-state index contributed by atoms with van der Waals surface area (Å²) in [5.74, 6) is -0.571. The van der Waals surface area contributed by atoms with E-state index in [0.29, 0.717) is 5.69 Å². The maximum atomic E-state index is 12.6. The van der Waals surface area contributed by atoms with Gasteiger partial charge in [-0.3, -0.25) is 4.79 Å². The van der Waals surface area contributed by atoms with Crippen LogP contribution in [0.2, 0.25) is 5.02 Å². The Bertz CT molecular complexity index is 897. The molecule has 2 N–H and O–H groups in total. The highest BCUT2D eigenvalue weighted by molar-refractivity contribution is 7.89. The zero-order valence-corrected chi connectivity index (χ0v) is 15.6. The fourth-order valence-electron chi connectivity index (χ4n) is 2.06. The quantitative estimate of drug-likeness (QED) is 0.830. The zero-order valence-electron chi connectivity index (χ0n) is 14.0. The molecule has 0 aromatic heterocycles. The second kappa shape index (κ2) is 7.43. The number of carbonyl (C=O) groups excluding carboxylic acids is 1. The maximum Gasteiger partial charge on any atom is 0.257 e. The summed E-state index contributed by atoms with van der Waals surface area (Å²) in [4.78, 5) is 12.4. The molecular formula is C17H19ClN2O4S. The molecule has 25 heavy (non-hydrogen) atoms. The Hall–Kier alpha value is -2.09. The van der Waals surface area contributed by atoms with Gasteiger partial charge in [-0.05, 0) is 44.2 Å². The van der Waals surface area contributed by atoms with Crippen LogP contribution < -0.4 is 5.32 Å². The number of halogens is 1. The number of aromatic hydroxyl groups is 1. The number of phenols is 1. The first-order chi connectivity index (χ1) is 11.6. The smallest absolute Gasteiger partial charge is 0.257 e. The van der Waals surface area contributed by atoms with Crippen LogP contribution in [0.5, 0.6) is 5.75 Å². The van der Waals surface area contributed by atoms with Crippen molar-refractivity contribution in [2.75, 3.05) is 12.4 Å². The van der Waals surface area contributed by atoms with E-state index in [1.165, 1.54) is 41.7 Å². The van der Waals surface area contributed by atoms with Crippen LogP contribution in [0.25, 0.3) is 0 Å². The van der Waals surface area contributed by atoms with Crippen LogP contribution in [0, 0.1) is 0 Å². The second-order valence-electron chi connectivity index (χ2n) is 5.76. The monoisotopic (exact) mass is 382 g/mol. The van der Waals surface area contributed by atoms with Gasteiger partial charge in [0, 0.05) is 24.8 Å². The molecule has 2 aromatic rings. The normalized spacial score (nSPS) is 11.8. The van der Waals surface area contributed by atoms with Gasteiger partial charge in [-0.2, -0.15) is 4.31 Å². The minimum atomic E-state index is -3.74. The number of carbonyl (C=O) groups is 1. The van der Waals surface area contributed by atoms with Crippen molar-refractivity contribution in [2.24, 2.45) is 0 Å². The Morgan fingerprint density at radius 2 is 1.88 bits per heavy atom. The number of phenolic OH excluding ortho intramolecular Hbond substituents is 1. The van der Waals surface area contributed by atoms with Crippen molar-refractivity contribution in [1.82, 2.24) is 4.31 Å². The van der Waals surface area contributed by atoms with Gasteiger partial charge in [0.2, 0.25) is 10.0 Å². The third kappa shape index (κ3) is 4.31. The molecule has 0 radical (unpaired) electrons. The number of nitrogens with zero attached hydrogens (tertiary/aromatic N) is 1. The molecule has 8 heteroatoms. The summed E-state index contributed by atoms with van der Waals surface area (Å²) in [6.07, 6.45) is 0. The topological polar surface area (TPSA) is 86.7 Å². The average molecular weight is 383 g/mol. The highest BCUT2D eigenvalue weighted by atomic mass is 35.5. The van der Waals surface area contributed by atoms with Crippen molar-refractivity contribution < 1.29 is 18.3 Å². The molecule has 2 rings (SSSR count). The van der Waals surface area contributed by atoms with Crippen molar-refractivity contribution in [3.63, 3.8) is 0 Å². The maximum absolute atomic E-state index is 12.6. The van der Waals surface area contributed by atoms with Gasteiger partial charge in [-0.15, -0.1) is 0 Å². The lowest BCUT2D eigenvalue weighted by molar-refractivity contribution is 0.102. The van der Waals surface area contributed by atoms with E-state index in [-0.39, 0.29) is 27.3 Å². The van der Waals surface area contributed by atoms with Crippen LogP contribution in [-0.4, -0.2) is 36.8 Å². The molecule has 2 aromatic carbocycles. The van der Waals surface area contributed by atoms with Gasteiger partial charge in [-0.25, -0.2) is 8.42 Å². The number of sulfonamides is 1. The van der Waals surface area contributed by atoms with Crippen molar-refractivity contribution in [2.45, 2.75) is 24.8 Å². The van der Waals surface area contributed by atoms with E-state index >= 15 is 0 Å². The number of nitrogens with one attached hydrogen (secondary N) is 1. The standard InChI is InChI=1S/C17H19ClN2O4S/c1-11(2)20(3)25(23,24)14-7-8-16(18)15(10-14)17(22)19-12-5-4-6-13(21)9-12/h4-11,21H,1-3H3,(H,19,22). The summed E-state index contributed by atoms with van der Waals surface area (Å²) in [6, 6.07) is 9.77. The molecule has 0 bridgehead atoms. The van der Waals surface area contributed by atoms with E-state index in [1.54, 1.807) is 26.0 Å². The molecular weight excluding hydrogens is 364 g/mol. The summed E-state index contributed by atoms with van der Waals surface area (Å²) in [6.45, 7) is 3.51. The van der Waals surface area contributed by atoms with Crippen LogP contribution in [0.3, 0.4) is 0 Å². The summed E-state index contributed by atoms with van der Waals surface area (Å²) < 4.78 is 26.4. The number of hydrogen-bond donors (Lipinski definition) is 2. The van der Waals surface area contributed by atoms with E-state index in [4.69, 9.17) is 11.6 Å². The van der Waals surface area contributed by atoms with E-state index in [1.807, 2.05) is 0 Å². The lowest BCUT2D eigenvalue weighted by atomic mass is 10.2. The van der Waals surface area contributed by atoms with E-state index in [0.717, 1.165) is 0 Å². The van der Waals surface area contributed by atoms with Crippen LogP contribution in [0.1, 0.15) is 24.2 Å². The summed E-state index contributed by atoms with van der Waals surface area (Å²) in [5.41, 5.74) is 0.400. The number of rotatable bonds is 5.